The molecule has 0 atom stereocenters. The quantitative estimate of drug-likeness (QED) is 0.693. The molecular formula is C16H9ClN2O. The van der Waals surface area contributed by atoms with Gasteiger partial charge in [-0.3, -0.25) is 0 Å². The molecule has 0 aliphatic carbocycles. The Hall–Kier alpha value is -2.57. The third-order valence-electron chi connectivity index (χ3n) is 2.90. The third-order valence-corrected chi connectivity index (χ3v) is 3.15. The summed E-state index contributed by atoms with van der Waals surface area (Å²) in [4.78, 5) is 4.26. The van der Waals surface area contributed by atoms with Crippen LogP contribution in [0, 0.1) is 11.3 Å². The smallest absolute Gasteiger partial charge is 0.226 e. The van der Waals surface area contributed by atoms with Crippen molar-refractivity contribution in [2.45, 2.75) is 0 Å². The Balaban J connectivity index is 1.93. The minimum absolute atomic E-state index is 0.527. The van der Waals surface area contributed by atoms with Crippen molar-refractivity contribution in [3.8, 4) is 28.8 Å². The second-order valence-corrected chi connectivity index (χ2v) is 4.66. The van der Waals surface area contributed by atoms with Gasteiger partial charge in [-0.05, 0) is 48.5 Å². The molecule has 96 valence electrons. The van der Waals surface area contributed by atoms with Crippen molar-refractivity contribution in [1.82, 2.24) is 4.98 Å². The first-order valence-electron chi connectivity index (χ1n) is 5.98. The number of nitrogens with zero attached hydrogens (tertiary/aromatic N) is 2. The van der Waals surface area contributed by atoms with E-state index in [9.17, 15) is 0 Å². The van der Waals surface area contributed by atoms with Gasteiger partial charge in [-0.25, -0.2) is 4.98 Å². The summed E-state index contributed by atoms with van der Waals surface area (Å²) in [7, 11) is 0. The van der Waals surface area contributed by atoms with E-state index in [-0.39, 0.29) is 0 Å². The highest BCUT2D eigenvalue weighted by Gasteiger charge is 2.08. The van der Waals surface area contributed by atoms with Crippen molar-refractivity contribution in [2.75, 3.05) is 0 Å². The summed E-state index contributed by atoms with van der Waals surface area (Å²) >= 11 is 5.86. The number of nitriles is 1. The first-order valence-corrected chi connectivity index (χ1v) is 6.36. The fraction of sp³-hybridized carbons (Fsp3) is 0. The van der Waals surface area contributed by atoms with E-state index in [1.807, 2.05) is 24.3 Å². The van der Waals surface area contributed by atoms with Gasteiger partial charge in [0.1, 0.15) is 0 Å². The average Bonchev–Trinajstić information content (AvgIpc) is 2.98. The zero-order valence-electron chi connectivity index (χ0n) is 10.4. The van der Waals surface area contributed by atoms with Crippen LogP contribution in [0.3, 0.4) is 0 Å². The summed E-state index contributed by atoms with van der Waals surface area (Å²) in [6.45, 7) is 0. The largest absolute Gasteiger partial charge is 0.436 e. The number of aromatic nitrogens is 1. The molecule has 0 spiro atoms. The maximum absolute atomic E-state index is 8.77. The highest BCUT2D eigenvalue weighted by molar-refractivity contribution is 6.30. The Morgan fingerprint density at radius 1 is 0.950 bits per heavy atom. The Labute approximate surface area is 121 Å². The van der Waals surface area contributed by atoms with E-state index in [4.69, 9.17) is 21.3 Å². The van der Waals surface area contributed by atoms with Crippen LogP contribution in [-0.2, 0) is 0 Å². The van der Waals surface area contributed by atoms with E-state index in [2.05, 4.69) is 11.1 Å². The molecule has 4 heteroatoms. The number of rotatable bonds is 2. The molecule has 20 heavy (non-hydrogen) atoms. The predicted molar refractivity (Wildman–Crippen MR) is 77.1 cm³/mol. The van der Waals surface area contributed by atoms with Crippen LogP contribution < -0.4 is 0 Å². The van der Waals surface area contributed by atoms with E-state index in [0.717, 1.165) is 11.1 Å². The summed E-state index contributed by atoms with van der Waals surface area (Å²) in [5.41, 5.74) is 2.37. The molecular weight excluding hydrogens is 272 g/mol. The maximum atomic E-state index is 8.77. The van der Waals surface area contributed by atoms with Gasteiger partial charge in [-0.2, -0.15) is 5.26 Å². The monoisotopic (exact) mass is 280 g/mol. The minimum atomic E-state index is 0.527. The highest BCUT2D eigenvalue weighted by Crippen LogP contribution is 2.26. The number of hydrogen-bond donors (Lipinski definition) is 0. The Bertz CT molecular complexity index is 767. The van der Waals surface area contributed by atoms with Crippen LogP contribution >= 0.6 is 11.6 Å². The number of hydrogen-bond acceptors (Lipinski definition) is 3. The van der Waals surface area contributed by atoms with Crippen molar-refractivity contribution in [3.05, 3.63) is 65.3 Å². The maximum Gasteiger partial charge on any atom is 0.226 e. The van der Waals surface area contributed by atoms with Crippen LogP contribution in [0.2, 0.25) is 5.02 Å². The molecule has 1 aromatic heterocycles. The van der Waals surface area contributed by atoms with E-state index >= 15 is 0 Å². The van der Waals surface area contributed by atoms with Crippen LogP contribution in [0.4, 0.5) is 0 Å². The first-order chi connectivity index (χ1) is 9.76. The molecule has 0 saturated heterocycles. The van der Waals surface area contributed by atoms with Crippen LogP contribution in [0.5, 0.6) is 0 Å². The zero-order valence-corrected chi connectivity index (χ0v) is 11.1. The topological polar surface area (TPSA) is 49.8 Å². The van der Waals surface area contributed by atoms with Gasteiger partial charge in [0.2, 0.25) is 5.89 Å². The van der Waals surface area contributed by atoms with Crippen LogP contribution in [0.25, 0.3) is 22.8 Å². The number of halogens is 1. The Kier molecular flexibility index (Phi) is 3.24. The van der Waals surface area contributed by atoms with Crippen molar-refractivity contribution in [3.63, 3.8) is 0 Å². The molecule has 0 amide bonds. The van der Waals surface area contributed by atoms with E-state index in [0.29, 0.717) is 22.2 Å². The fourth-order valence-corrected chi connectivity index (χ4v) is 1.97. The number of oxazole rings is 1. The highest BCUT2D eigenvalue weighted by atomic mass is 35.5. The van der Waals surface area contributed by atoms with Crippen LogP contribution in [-0.4, -0.2) is 4.98 Å². The Morgan fingerprint density at radius 2 is 1.60 bits per heavy atom. The standard InChI is InChI=1S/C16H9ClN2O/c17-14-7-5-12(6-8-14)15-10-19-16(20-15)13-3-1-11(9-18)2-4-13/h1-8,10H. The van der Waals surface area contributed by atoms with Crippen molar-refractivity contribution < 1.29 is 4.42 Å². The first kappa shape index (κ1) is 12.5. The normalized spacial score (nSPS) is 10.2. The van der Waals surface area contributed by atoms with Crippen LogP contribution in [0.15, 0.2) is 59.1 Å². The lowest BCUT2D eigenvalue weighted by Crippen LogP contribution is -1.78. The molecule has 3 nitrogen and oxygen atoms in total. The molecule has 0 N–H and O–H groups in total. The molecule has 0 fully saturated rings. The molecule has 2 aromatic carbocycles. The second kappa shape index (κ2) is 5.20. The lowest BCUT2D eigenvalue weighted by atomic mass is 10.1. The lowest BCUT2D eigenvalue weighted by molar-refractivity contribution is 0.589. The van der Waals surface area contributed by atoms with Gasteiger partial charge in [-0.1, -0.05) is 11.6 Å². The van der Waals surface area contributed by atoms with Gasteiger partial charge in [-0.15, -0.1) is 0 Å². The summed E-state index contributed by atoms with van der Waals surface area (Å²) in [5.74, 6) is 1.21. The molecule has 3 aromatic rings. The second-order valence-electron chi connectivity index (χ2n) is 4.23. The van der Waals surface area contributed by atoms with Crippen molar-refractivity contribution in [1.29, 1.82) is 5.26 Å². The molecule has 1 heterocycles. The predicted octanol–water partition coefficient (Wildman–Crippen LogP) is 4.53. The summed E-state index contributed by atoms with van der Waals surface area (Å²) in [5, 5.41) is 9.46. The molecule has 0 saturated carbocycles. The van der Waals surface area contributed by atoms with Gasteiger partial charge >= 0.3 is 0 Å². The summed E-state index contributed by atoms with van der Waals surface area (Å²) in [6.07, 6.45) is 1.68. The Morgan fingerprint density at radius 3 is 2.25 bits per heavy atom. The molecule has 0 aliphatic rings. The minimum Gasteiger partial charge on any atom is -0.436 e. The van der Waals surface area contributed by atoms with Gasteiger partial charge in [0.05, 0.1) is 17.8 Å². The lowest BCUT2D eigenvalue weighted by Gasteiger charge is -1.97. The van der Waals surface area contributed by atoms with Gasteiger partial charge in [0, 0.05) is 16.1 Å². The SMILES string of the molecule is N#Cc1ccc(-c2ncc(-c3ccc(Cl)cc3)o2)cc1. The molecule has 3 rings (SSSR count). The van der Waals surface area contributed by atoms with E-state index in [1.54, 1.807) is 30.5 Å². The van der Waals surface area contributed by atoms with Gasteiger partial charge in [0.25, 0.3) is 0 Å². The molecule has 0 unspecified atom stereocenters. The molecule has 0 radical (unpaired) electrons. The van der Waals surface area contributed by atoms with Gasteiger partial charge < -0.3 is 4.42 Å². The zero-order chi connectivity index (χ0) is 13.9. The van der Waals surface area contributed by atoms with Gasteiger partial charge in [0.15, 0.2) is 5.76 Å². The summed E-state index contributed by atoms with van der Waals surface area (Å²) < 4.78 is 5.73. The summed E-state index contributed by atoms with van der Waals surface area (Å²) in [6, 6.07) is 16.6. The molecule has 0 bridgehead atoms. The fourth-order valence-electron chi connectivity index (χ4n) is 1.84. The number of benzene rings is 2. The van der Waals surface area contributed by atoms with Crippen LogP contribution in [0.1, 0.15) is 5.56 Å². The third kappa shape index (κ3) is 2.42. The van der Waals surface area contributed by atoms with Crippen molar-refractivity contribution >= 4 is 11.6 Å². The molecule has 0 aliphatic heterocycles. The van der Waals surface area contributed by atoms with E-state index in [1.165, 1.54) is 0 Å². The van der Waals surface area contributed by atoms with Crippen molar-refractivity contribution in [2.24, 2.45) is 0 Å². The van der Waals surface area contributed by atoms with E-state index < -0.39 is 0 Å². The average molecular weight is 281 g/mol.